The lowest BCUT2D eigenvalue weighted by Crippen LogP contribution is -2.14. The second kappa shape index (κ2) is 4.97. The summed E-state index contributed by atoms with van der Waals surface area (Å²) in [7, 11) is 0. The van der Waals surface area contributed by atoms with Gasteiger partial charge in [0.25, 0.3) is 0 Å². The molecule has 0 fully saturated rings. The SMILES string of the molecule is NC(=S)c1c(F)cccc1Nc1ccc2c(c1)OCO2. The molecule has 0 amide bonds. The van der Waals surface area contributed by atoms with Gasteiger partial charge in [-0.2, -0.15) is 0 Å². The van der Waals surface area contributed by atoms with Crippen LogP contribution in [0.1, 0.15) is 5.56 Å². The van der Waals surface area contributed by atoms with Gasteiger partial charge in [-0.05, 0) is 24.3 Å². The molecule has 0 saturated heterocycles. The number of anilines is 2. The zero-order valence-corrected chi connectivity index (χ0v) is 11.2. The molecule has 1 heterocycles. The van der Waals surface area contributed by atoms with E-state index in [0.29, 0.717) is 17.2 Å². The average Bonchev–Trinajstić information content (AvgIpc) is 2.85. The van der Waals surface area contributed by atoms with Crippen molar-refractivity contribution in [1.82, 2.24) is 0 Å². The molecular weight excluding hydrogens is 279 g/mol. The van der Waals surface area contributed by atoms with Crippen LogP contribution in [0.4, 0.5) is 15.8 Å². The lowest BCUT2D eigenvalue weighted by molar-refractivity contribution is 0.174. The molecular formula is C14H11FN2O2S. The minimum atomic E-state index is -0.455. The van der Waals surface area contributed by atoms with E-state index in [-0.39, 0.29) is 17.3 Å². The second-order valence-electron chi connectivity index (χ2n) is 4.22. The third-order valence-corrected chi connectivity index (χ3v) is 3.12. The Morgan fingerprint density at radius 1 is 1.20 bits per heavy atom. The molecule has 0 bridgehead atoms. The molecule has 0 radical (unpaired) electrons. The van der Waals surface area contributed by atoms with Gasteiger partial charge in [-0.3, -0.25) is 0 Å². The Labute approximate surface area is 120 Å². The van der Waals surface area contributed by atoms with Gasteiger partial charge in [-0.15, -0.1) is 0 Å². The molecule has 6 heteroatoms. The summed E-state index contributed by atoms with van der Waals surface area (Å²) in [6.07, 6.45) is 0. The van der Waals surface area contributed by atoms with E-state index in [1.54, 1.807) is 24.3 Å². The van der Waals surface area contributed by atoms with E-state index in [2.05, 4.69) is 5.32 Å². The van der Waals surface area contributed by atoms with Crippen molar-refractivity contribution < 1.29 is 13.9 Å². The van der Waals surface area contributed by atoms with Crippen molar-refractivity contribution in [3.8, 4) is 11.5 Å². The molecule has 3 N–H and O–H groups in total. The zero-order valence-electron chi connectivity index (χ0n) is 10.4. The molecule has 102 valence electrons. The number of hydrogen-bond acceptors (Lipinski definition) is 4. The summed E-state index contributed by atoms with van der Waals surface area (Å²) in [5.74, 6) is 0.871. The van der Waals surface area contributed by atoms with Crippen LogP contribution in [0.2, 0.25) is 0 Å². The summed E-state index contributed by atoms with van der Waals surface area (Å²) >= 11 is 4.89. The Morgan fingerprint density at radius 3 is 2.80 bits per heavy atom. The van der Waals surface area contributed by atoms with Gasteiger partial charge in [0.05, 0.1) is 11.3 Å². The molecule has 0 aliphatic carbocycles. The summed E-state index contributed by atoms with van der Waals surface area (Å²) in [4.78, 5) is 0.00587. The monoisotopic (exact) mass is 290 g/mol. The molecule has 0 atom stereocenters. The lowest BCUT2D eigenvalue weighted by atomic mass is 10.1. The summed E-state index contributed by atoms with van der Waals surface area (Å²) in [5.41, 5.74) is 7.00. The summed E-state index contributed by atoms with van der Waals surface area (Å²) in [6.45, 7) is 0.205. The normalized spacial score (nSPS) is 12.2. The molecule has 20 heavy (non-hydrogen) atoms. The predicted molar refractivity (Wildman–Crippen MR) is 78.1 cm³/mol. The first-order valence-electron chi connectivity index (χ1n) is 5.90. The molecule has 2 aromatic carbocycles. The Bertz CT molecular complexity index is 691. The van der Waals surface area contributed by atoms with Crippen LogP contribution in [-0.2, 0) is 0 Å². The van der Waals surface area contributed by atoms with Gasteiger partial charge in [-0.25, -0.2) is 4.39 Å². The van der Waals surface area contributed by atoms with Crippen LogP contribution < -0.4 is 20.5 Å². The van der Waals surface area contributed by atoms with E-state index >= 15 is 0 Å². The van der Waals surface area contributed by atoms with Gasteiger partial charge in [0.15, 0.2) is 11.5 Å². The summed E-state index contributed by atoms with van der Waals surface area (Å²) in [5, 5.41) is 3.08. The fraction of sp³-hybridized carbons (Fsp3) is 0.0714. The molecule has 0 aromatic heterocycles. The molecule has 1 aliphatic rings. The quantitative estimate of drug-likeness (QED) is 0.851. The van der Waals surface area contributed by atoms with E-state index in [0.717, 1.165) is 5.69 Å². The van der Waals surface area contributed by atoms with Crippen molar-refractivity contribution in [3.63, 3.8) is 0 Å². The van der Waals surface area contributed by atoms with Gasteiger partial charge < -0.3 is 20.5 Å². The number of halogens is 1. The number of fused-ring (bicyclic) bond motifs is 1. The first kappa shape index (κ1) is 12.7. The third-order valence-electron chi connectivity index (χ3n) is 2.91. The van der Waals surface area contributed by atoms with E-state index < -0.39 is 5.82 Å². The van der Waals surface area contributed by atoms with Crippen molar-refractivity contribution >= 4 is 28.6 Å². The minimum Gasteiger partial charge on any atom is -0.454 e. The first-order chi connectivity index (χ1) is 9.65. The Morgan fingerprint density at radius 2 is 2.00 bits per heavy atom. The van der Waals surface area contributed by atoms with Gasteiger partial charge in [0, 0.05) is 11.8 Å². The van der Waals surface area contributed by atoms with Crippen LogP contribution >= 0.6 is 12.2 Å². The highest BCUT2D eigenvalue weighted by Gasteiger charge is 2.15. The van der Waals surface area contributed by atoms with E-state index in [4.69, 9.17) is 27.4 Å². The van der Waals surface area contributed by atoms with Crippen LogP contribution in [0, 0.1) is 5.82 Å². The Balaban J connectivity index is 1.95. The Hall–Kier alpha value is -2.34. The lowest BCUT2D eigenvalue weighted by Gasteiger charge is -2.12. The number of ether oxygens (including phenoxy) is 2. The number of nitrogens with one attached hydrogen (secondary N) is 1. The Kier molecular flexibility index (Phi) is 3.15. The van der Waals surface area contributed by atoms with E-state index in [1.165, 1.54) is 6.07 Å². The van der Waals surface area contributed by atoms with Crippen LogP contribution in [-0.4, -0.2) is 11.8 Å². The van der Waals surface area contributed by atoms with Crippen molar-refractivity contribution in [2.75, 3.05) is 12.1 Å². The van der Waals surface area contributed by atoms with Crippen LogP contribution in [0.5, 0.6) is 11.5 Å². The van der Waals surface area contributed by atoms with Crippen molar-refractivity contribution in [2.24, 2.45) is 5.73 Å². The van der Waals surface area contributed by atoms with E-state index in [9.17, 15) is 4.39 Å². The second-order valence-corrected chi connectivity index (χ2v) is 4.66. The number of nitrogens with two attached hydrogens (primary N) is 1. The molecule has 0 spiro atoms. The molecule has 4 nitrogen and oxygen atoms in total. The van der Waals surface area contributed by atoms with Crippen LogP contribution in [0.3, 0.4) is 0 Å². The maximum atomic E-state index is 13.8. The minimum absolute atomic E-state index is 0.00587. The first-order valence-corrected chi connectivity index (χ1v) is 6.31. The molecule has 0 saturated carbocycles. The number of thiocarbonyl (C=S) groups is 1. The van der Waals surface area contributed by atoms with Crippen molar-refractivity contribution in [1.29, 1.82) is 0 Å². The highest BCUT2D eigenvalue weighted by molar-refractivity contribution is 7.80. The molecule has 2 aromatic rings. The van der Waals surface area contributed by atoms with Crippen LogP contribution in [0.15, 0.2) is 36.4 Å². The standard InChI is InChI=1S/C14H11FN2O2S/c15-9-2-1-3-10(13(9)14(16)20)17-8-4-5-11-12(6-8)19-7-18-11/h1-6,17H,7H2,(H2,16,20). The van der Waals surface area contributed by atoms with Gasteiger partial charge in [0.1, 0.15) is 10.8 Å². The number of benzene rings is 2. The fourth-order valence-electron chi connectivity index (χ4n) is 2.01. The fourth-order valence-corrected chi connectivity index (χ4v) is 2.22. The molecule has 0 unspecified atom stereocenters. The van der Waals surface area contributed by atoms with E-state index in [1.807, 2.05) is 6.07 Å². The number of hydrogen-bond donors (Lipinski definition) is 2. The van der Waals surface area contributed by atoms with Crippen molar-refractivity contribution in [3.05, 3.63) is 47.8 Å². The predicted octanol–water partition coefficient (Wildman–Crippen LogP) is 2.93. The smallest absolute Gasteiger partial charge is 0.231 e. The third kappa shape index (κ3) is 2.25. The summed E-state index contributed by atoms with van der Waals surface area (Å²) < 4.78 is 24.3. The van der Waals surface area contributed by atoms with Crippen LogP contribution in [0.25, 0.3) is 0 Å². The average molecular weight is 290 g/mol. The molecule has 3 rings (SSSR count). The highest BCUT2D eigenvalue weighted by Crippen LogP contribution is 2.35. The van der Waals surface area contributed by atoms with Gasteiger partial charge >= 0.3 is 0 Å². The topological polar surface area (TPSA) is 56.5 Å². The zero-order chi connectivity index (χ0) is 14.1. The summed E-state index contributed by atoms with van der Waals surface area (Å²) in [6, 6.07) is 9.98. The maximum absolute atomic E-state index is 13.8. The van der Waals surface area contributed by atoms with Crippen molar-refractivity contribution in [2.45, 2.75) is 0 Å². The van der Waals surface area contributed by atoms with Gasteiger partial charge in [-0.1, -0.05) is 18.3 Å². The van der Waals surface area contributed by atoms with Gasteiger partial charge in [0.2, 0.25) is 6.79 Å². The highest BCUT2D eigenvalue weighted by atomic mass is 32.1. The number of rotatable bonds is 3. The molecule has 1 aliphatic heterocycles. The maximum Gasteiger partial charge on any atom is 0.231 e. The largest absolute Gasteiger partial charge is 0.454 e.